The number of hydrogen-bond acceptors (Lipinski definition) is 2. The number of nitrogens with one attached hydrogen (secondary N) is 2. The van der Waals surface area contributed by atoms with E-state index in [0.29, 0.717) is 24.1 Å². The molecule has 0 spiro atoms. The van der Waals surface area contributed by atoms with Crippen molar-refractivity contribution in [3.63, 3.8) is 0 Å². The van der Waals surface area contributed by atoms with Crippen LogP contribution >= 0.6 is 0 Å². The molecule has 100 valence electrons. The van der Waals surface area contributed by atoms with Crippen LogP contribution in [0.5, 0.6) is 0 Å². The second-order valence-electron chi connectivity index (χ2n) is 5.11. The van der Waals surface area contributed by atoms with E-state index in [1.165, 1.54) is 0 Å². The van der Waals surface area contributed by atoms with Crippen molar-refractivity contribution >= 4 is 11.6 Å². The minimum atomic E-state index is -0.0146. The van der Waals surface area contributed by atoms with Crippen molar-refractivity contribution in [2.45, 2.75) is 40.2 Å². The predicted molar refractivity (Wildman–Crippen MR) is 77.0 cm³/mol. The van der Waals surface area contributed by atoms with Crippen LogP contribution in [0.2, 0.25) is 0 Å². The van der Waals surface area contributed by atoms with Gasteiger partial charge >= 0.3 is 0 Å². The second-order valence-corrected chi connectivity index (χ2v) is 5.11. The Morgan fingerprint density at radius 1 is 1.17 bits per heavy atom. The maximum atomic E-state index is 11.6. The summed E-state index contributed by atoms with van der Waals surface area (Å²) in [6.07, 6.45) is 1.14. The summed E-state index contributed by atoms with van der Waals surface area (Å²) in [5.41, 5.74) is 1.77. The van der Waals surface area contributed by atoms with Crippen LogP contribution in [0.15, 0.2) is 24.3 Å². The van der Waals surface area contributed by atoms with E-state index in [1.54, 1.807) is 0 Å². The number of anilines is 1. The highest BCUT2D eigenvalue weighted by atomic mass is 16.1. The lowest BCUT2D eigenvalue weighted by Gasteiger charge is -2.17. The lowest BCUT2D eigenvalue weighted by molar-refractivity contribution is 0.0956. The summed E-state index contributed by atoms with van der Waals surface area (Å²) in [5.74, 6) is 0.668. The molecule has 1 atom stereocenters. The van der Waals surface area contributed by atoms with Crippen molar-refractivity contribution in [1.82, 2.24) is 5.32 Å². The van der Waals surface area contributed by atoms with E-state index >= 15 is 0 Å². The molecule has 0 saturated carbocycles. The highest BCUT2D eigenvalue weighted by Gasteiger charge is 2.06. The molecule has 1 aromatic carbocycles. The quantitative estimate of drug-likeness (QED) is 0.811. The number of rotatable bonds is 6. The Morgan fingerprint density at radius 3 is 2.28 bits per heavy atom. The first-order valence-electron chi connectivity index (χ1n) is 6.67. The molecule has 0 radical (unpaired) electrons. The van der Waals surface area contributed by atoms with E-state index in [2.05, 4.69) is 31.4 Å². The van der Waals surface area contributed by atoms with E-state index in [-0.39, 0.29) is 5.91 Å². The van der Waals surface area contributed by atoms with Gasteiger partial charge in [0, 0.05) is 23.8 Å². The molecule has 0 bridgehead atoms. The summed E-state index contributed by atoms with van der Waals surface area (Å²) >= 11 is 0. The normalized spacial score (nSPS) is 12.3. The van der Waals surface area contributed by atoms with Gasteiger partial charge in [0.05, 0.1) is 0 Å². The van der Waals surface area contributed by atoms with Gasteiger partial charge in [0.25, 0.3) is 5.91 Å². The summed E-state index contributed by atoms with van der Waals surface area (Å²) in [5, 5.41) is 6.23. The SMILES string of the molecule is CCNC(=O)c1ccc(NC(C)CC(C)C)cc1. The molecule has 0 aliphatic rings. The van der Waals surface area contributed by atoms with Crippen LogP contribution in [0.25, 0.3) is 0 Å². The molecule has 3 nitrogen and oxygen atoms in total. The third kappa shape index (κ3) is 4.78. The van der Waals surface area contributed by atoms with Gasteiger partial charge in [-0.15, -0.1) is 0 Å². The molecule has 18 heavy (non-hydrogen) atoms. The number of carbonyl (C=O) groups excluding carboxylic acids is 1. The summed E-state index contributed by atoms with van der Waals surface area (Å²) < 4.78 is 0. The highest BCUT2D eigenvalue weighted by Crippen LogP contribution is 2.14. The lowest BCUT2D eigenvalue weighted by atomic mass is 10.0. The minimum absolute atomic E-state index is 0.0146. The fraction of sp³-hybridized carbons (Fsp3) is 0.533. The molecule has 1 aromatic rings. The van der Waals surface area contributed by atoms with Crippen LogP contribution in [-0.2, 0) is 0 Å². The molecular weight excluding hydrogens is 224 g/mol. The largest absolute Gasteiger partial charge is 0.383 e. The van der Waals surface area contributed by atoms with E-state index in [0.717, 1.165) is 12.1 Å². The first kappa shape index (κ1) is 14.6. The van der Waals surface area contributed by atoms with Crippen molar-refractivity contribution in [2.24, 2.45) is 5.92 Å². The summed E-state index contributed by atoms with van der Waals surface area (Å²) in [6, 6.07) is 8.08. The third-order valence-corrected chi connectivity index (χ3v) is 2.72. The summed E-state index contributed by atoms with van der Waals surface area (Å²) in [6.45, 7) is 9.19. The molecule has 0 heterocycles. The molecule has 1 rings (SSSR count). The third-order valence-electron chi connectivity index (χ3n) is 2.72. The molecule has 1 unspecified atom stereocenters. The van der Waals surface area contributed by atoms with E-state index in [4.69, 9.17) is 0 Å². The van der Waals surface area contributed by atoms with E-state index in [9.17, 15) is 4.79 Å². The van der Waals surface area contributed by atoms with Crippen LogP contribution in [0, 0.1) is 5.92 Å². The zero-order chi connectivity index (χ0) is 13.5. The molecule has 0 saturated heterocycles. The average molecular weight is 248 g/mol. The standard InChI is InChI=1S/C15H24N2O/c1-5-16-15(18)13-6-8-14(9-7-13)17-12(4)10-11(2)3/h6-9,11-12,17H,5,10H2,1-4H3,(H,16,18). The topological polar surface area (TPSA) is 41.1 Å². The Hall–Kier alpha value is -1.51. The van der Waals surface area contributed by atoms with Gasteiger partial charge < -0.3 is 10.6 Å². The summed E-state index contributed by atoms with van der Waals surface area (Å²) in [4.78, 5) is 11.6. The second kappa shape index (κ2) is 7.04. The minimum Gasteiger partial charge on any atom is -0.383 e. The van der Waals surface area contributed by atoms with Gasteiger partial charge in [-0.25, -0.2) is 0 Å². The Morgan fingerprint density at radius 2 is 1.78 bits per heavy atom. The average Bonchev–Trinajstić information content (AvgIpc) is 2.29. The molecule has 0 aliphatic heterocycles. The van der Waals surface area contributed by atoms with Crippen LogP contribution in [0.1, 0.15) is 44.5 Å². The van der Waals surface area contributed by atoms with Crippen LogP contribution in [0.4, 0.5) is 5.69 Å². The Kier molecular flexibility index (Phi) is 5.69. The van der Waals surface area contributed by atoms with Crippen LogP contribution < -0.4 is 10.6 Å². The number of amides is 1. The molecule has 0 aromatic heterocycles. The van der Waals surface area contributed by atoms with Gasteiger partial charge in [0.2, 0.25) is 0 Å². The van der Waals surface area contributed by atoms with Crippen molar-refractivity contribution in [3.8, 4) is 0 Å². The van der Waals surface area contributed by atoms with Crippen LogP contribution in [0.3, 0.4) is 0 Å². The molecule has 0 aliphatic carbocycles. The fourth-order valence-electron chi connectivity index (χ4n) is 2.03. The first-order valence-corrected chi connectivity index (χ1v) is 6.67. The monoisotopic (exact) mass is 248 g/mol. The molecule has 1 amide bonds. The first-order chi connectivity index (χ1) is 8.52. The van der Waals surface area contributed by atoms with Crippen molar-refractivity contribution in [2.75, 3.05) is 11.9 Å². The van der Waals surface area contributed by atoms with Gasteiger partial charge in [-0.2, -0.15) is 0 Å². The Bertz CT molecular complexity index is 371. The smallest absolute Gasteiger partial charge is 0.251 e. The van der Waals surface area contributed by atoms with Gasteiger partial charge in [-0.1, -0.05) is 13.8 Å². The Balaban J connectivity index is 2.57. The fourth-order valence-corrected chi connectivity index (χ4v) is 2.03. The van der Waals surface area contributed by atoms with Crippen molar-refractivity contribution < 1.29 is 4.79 Å². The van der Waals surface area contributed by atoms with Crippen LogP contribution in [-0.4, -0.2) is 18.5 Å². The molecule has 3 heteroatoms. The van der Waals surface area contributed by atoms with E-state index < -0.39 is 0 Å². The predicted octanol–water partition coefficient (Wildman–Crippen LogP) is 3.28. The van der Waals surface area contributed by atoms with Gasteiger partial charge in [-0.3, -0.25) is 4.79 Å². The maximum Gasteiger partial charge on any atom is 0.251 e. The zero-order valence-corrected chi connectivity index (χ0v) is 11.8. The summed E-state index contributed by atoms with van der Waals surface area (Å²) in [7, 11) is 0. The number of benzene rings is 1. The van der Waals surface area contributed by atoms with Crippen molar-refractivity contribution in [3.05, 3.63) is 29.8 Å². The zero-order valence-electron chi connectivity index (χ0n) is 11.8. The van der Waals surface area contributed by atoms with Gasteiger partial charge in [-0.05, 0) is 50.5 Å². The lowest BCUT2D eigenvalue weighted by Crippen LogP contribution is -2.22. The molecule has 0 fully saturated rings. The highest BCUT2D eigenvalue weighted by molar-refractivity contribution is 5.94. The van der Waals surface area contributed by atoms with Crippen molar-refractivity contribution in [1.29, 1.82) is 0 Å². The number of hydrogen-bond donors (Lipinski definition) is 2. The molecular formula is C15H24N2O. The van der Waals surface area contributed by atoms with E-state index in [1.807, 2.05) is 31.2 Å². The van der Waals surface area contributed by atoms with Gasteiger partial charge in [0.15, 0.2) is 0 Å². The Labute approximate surface area is 110 Å². The van der Waals surface area contributed by atoms with Gasteiger partial charge in [0.1, 0.15) is 0 Å². The maximum absolute atomic E-state index is 11.6. The molecule has 2 N–H and O–H groups in total. The number of carbonyl (C=O) groups is 1.